The van der Waals surface area contributed by atoms with Gasteiger partial charge in [0, 0.05) is 23.4 Å². The van der Waals surface area contributed by atoms with E-state index in [0.717, 1.165) is 35.3 Å². The third-order valence-electron chi connectivity index (χ3n) is 6.37. The van der Waals surface area contributed by atoms with E-state index in [2.05, 4.69) is 15.3 Å². The molecular weight excluding hydrogens is 412 g/mol. The molecule has 8 heteroatoms. The van der Waals surface area contributed by atoms with Gasteiger partial charge in [0.25, 0.3) is 11.5 Å². The summed E-state index contributed by atoms with van der Waals surface area (Å²) in [5.74, 6) is 0.350. The average molecular weight is 437 g/mol. The predicted octanol–water partition coefficient (Wildman–Crippen LogP) is 3.76. The smallest absolute Gasteiger partial charge is 0.323 e. The molecule has 2 fully saturated rings. The average Bonchev–Trinajstić information content (AvgIpc) is 3.21. The van der Waals surface area contributed by atoms with Crippen LogP contribution in [-0.4, -0.2) is 38.9 Å². The van der Waals surface area contributed by atoms with Crippen molar-refractivity contribution < 1.29 is 9.59 Å². The van der Waals surface area contributed by atoms with Crippen molar-refractivity contribution >= 4 is 33.5 Å². The van der Waals surface area contributed by atoms with Crippen LogP contribution in [0.3, 0.4) is 0 Å². The lowest BCUT2D eigenvalue weighted by Crippen LogP contribution is -2.48. The molecule has 0 radical (unpaired) electrons. The molecule has 2 aromatic heterocycles. The summed E-state index contributed by atoms with van der Waals surface area (Å²) in [6.45, 7) is 2.20. The zero-order chi connectivity index (χ0) is 21.6. The molecule has 3 amide bonds. The number of aryl methyl sites for hydroxylation is 1. The molecule has 0 bridgehead atoms. The molecule has 31 heavy (non-hydrogen) atoms. The van der Waals surface area contributed by atoms with Crippen molar-refractivity contribution in [2.24, 2.45) is 0 Å². The van der Waals surface area contributed by atoms with Crippen LogP contribution in [0.4, 0.5) is 4.79 Å². The van der Waals surface area contributed by atoms with E-state index in [9.17, 15) is 14.4 Å². The van der Waals surface area contributed by atoms with Crippen molar-refractivity contribution in [3.05, 3.63) is 51.4 Å². The second-order valence-electron chi connectivity index (χ2n) is 8.37. The number of benzene rings is 1. The van der Waals surface area contributed by atoms with Crippen molar-refractivity contribution in [3.8, 4) is 11.1 Å². The zero-order valence-corrected chi connectivity index (χ0v) is 18.2. The van der Waals surface area contributed by atoms with E-state index in [1.54, 1.807) is 0 Å². The minimum Gasteiger partial charge on any atom is -0.323 e. The number of H-pyrrole nitrogens is 1. The van der Waals surface area contributed by atoms with Gasteiger partial charge >= 0.3 is 6.03 Å². The van der Waals surface area contributed by atoms with E-state index >= 15 is 0 Å². The highest BCUT2D eigenvalue weighted by atomic mass is 32.1. The number of carbonyl (C=O) groups is 2. The number of carbonyl (C=O) groups excluding carboxylic acids is 2. The molecule has 3 aromatic rings. The fourth-order valence-corrected chi connectivity index (χ4v) is 5.89. The fraction of sp³-hybridized carbons (Fsp3) is 0.391. The van der Waals surface area contributed by atoms with Crippen molar-refractivity contribution in [1.29, 1.82) is 0 Å². The largest absolute Gasteiger partial charge is 0.325 e. The molecule has 2 N–H and O–H groups in total. The number of nitrogens with zero attached hydrogens (tertiary/aromatic N) is 2. The number of imide groups is 1. The minimum atomic E-state index is -0.727. The molecule has 160 valence electrons. The number of urea groups is 1. The first-order valence-electron chi connectivity index (χ1n) is 10.7. The van der Waals surface area contributed by atoms with Gasteiger partial charge in [0.15, 0.2) is 0 Å². The van der Waals surface area contributed by atoms with E-state index in [0.29, 0.717) is 35.3 Å². The van der Waals surface area contributed by atoms with Crippen LogP contribution in [0.1, 0.15) is 42.8 Å². The third-order valence-corrected chi connectivity index (χ3v) is 7.37. The Balaban J connectivity index is 1.40. The number of hydrogen-bond acceptors (Lipinski definition) is 5. The number of aromatic amines is 1. The highest BCUT2D eigenvalue weighted by molar-refractivity contribution is 7.19. The molecule has 5 rings (SSSR count). The molecule has 3 heterocycles. The first-order chi connectivity index (χ1) is 15.0. The fourth-order valence-electron chi connectivity index (χ4n) is 4.83. The highest BCUT2D eigenvalue weighted by Gasteiger charge is 2.50. The Labute approximate surface area is 183 Å². The van der Waals surface area contributed by atoms with Crippen molar-refractivity contribution in [2.75, 3.05) is 6.54 Å². The molecule has 1 saturated carbocycles. The Morgan fingerprint density at radius 1 is 1.10 bits per heavy atom. The third kappa shape index (κ3) is 3.35. The second kappa shape index (κ2) is 7.60. The minimum absolute atomic E-state index is 0.140. The van der Waals surface area contributed by atoms with Crippen LogP contribution >= 0.6 is 11.3 Å². The van der Waals surface area contributed by atoms with E-state index in [-0.39, 0.29) is 24.0 Å². The summed E-state index contributed by atoms with van der Waals surface area (Å²) in [7, 11) is 0. The predicted molar refractivity (Wildman–Crippen MR) is 120 cm³/mol. The van der Waals surface area contributed by atoms with Gasteiger partial charge in [-0.2, -0.15) is 0 Å². The summed E-state index contributed by atoms with van der Waals surface area (Å²) in [6.07, 6.45) is 4.72. The maximum Gasteiger partial charge on any atom is 0.325 e. The highest BCUT2D eigenvalue weighted by Crippen LogP contribution is 2.36. The Morgan fingerprint density at radius 3 is 2.58 bits per heavy atom. The van der Waals surface area contributed by atoms with Gasteiger partial charge in [0.2, 0.25) is 0 Å². The van der Waals surface area contributed by atoms with Crippen LogP contribution < -0.4 is 10.9 Å². The first kappa shape index (κ1) is 19.9. The normalized spacial score (nSPS) is 18.2. The molecule has 7 nitrogen and oxygen atoms in total. The SMILES string of the molecule is Cc1sc2nc(CCN3C(=O)NC4(CCCCC4)C3=O)[nH]c(=O)c2c1-c1ccccc1. The molecule has 2 aliphatic rings. The number of thiophene rings is 1. The van der Waals surface area contributed by atoms with Gasteiger partial charge in [-0.25, -0.2) is 9.78 Å². The van der Waals surface area contributed by atoms with Crippen molar-refractivity contribution in [3.63, 3.8) is 0 Å². The van der Waals surface area contributed by atoms with Crippen LogP contribution in [0.25, 0.3) is 21.3 Å². The lowest BCUT2D eigenvalue weighted by atomic mass is 9.82. The summed E-state index contributed by atoms with van der Waals surface area (Å²) in [5, 5.41) is 3.51. The Hall–Kier alpha value is -3.00. The lowest BCUT2D eigenvalue weighted by molar-refractivity contribution is -0.132. The molecule has 0 unspecified atom stereocenters. The van der Waals surface area contributed by atoms with E-state index < -0.39 is 5.54 Å². The maximum atomic E-state index is 13.0. The number of amides is 3. The van der Waals surface area contributed by atoms with Gasteiger partial charge in [-0.15, -0.1) is 11.3 Å². The second-order valence-corrected chi connectivity index (χ2v) is 9.57. The van der Waals surface area contributed by atoms with Gasteiger partial charge in [-0.3, -0.25) is 14.5 Å². The van der Waals surface area contributed by atoms with Crippen molar-refractivity contribution in [2.45, 2.75) is 51.0 Å². The van der Waals surface area contributed by atoms with E-state index in [1.807, 2.05) is 37.3 Å². The first-order valence-corrected chi connectivity index (χ1v) is 11.5. The number of hydrogen-bond donors (Lipinski definition) is 2. The topological polar surface area (TPSA) is 95.2 Å². The Bertz CT molecular complexity index is 1220. The summed E-state index contributed by atoms with van der Waals surface area (Å²) in [4.78, 5) is 48.9. The summed E-state index contributed by atoms with van der Waals surface area (Å²) in [6, 6.07) is 9.48. The van der Waals surface area contributed by atoms with Crippen molar-refractivity contribution in [1.82, 2.24) is 20.2 Å². The summed E-state index contributed by atoms with van der Waals surface area (Å²) in [5.41, 5.74) is 0.983. The monoisotopic (exact) mass is 436 g/mol. The molecule has 0 atom stereocenters. The molecule has 1 aliphatic carbocycles. The molecule has 1 spiro atoms. The van der Waals surface area contributed by atoms with E-state index in [4.69, 9.17) is 0 Å². The van der Waals surface area contributed by atoms with Crippen LogP contribution in [0.5, 0.6) is 0 Å². The van der Waals surface area contributed by atoms with Crippen LogP contribution in [0.2, 0.25) is 0 Å². The number of nitrogens with one attached hydrogen (secondary N) is 2. The van der Waals surface area contributed by atoms with Crippen LogP contribution in [-0.2, 0) is 11.2 Å². The summed E-state index contributed by atoms with van der Waals surface area (Å²) < 4.78 is 0. The number of fused-ring (bicyclic) bond motifs is 1. The molecule has 1 aliphatic heterocycles. The van der Waals surface area contributed by atoms with Gasteiger partial charge in [-0.05, 0) is 25.3 Å². The van der Waals surface area contributed by atoms with Gasteiger partial charge in [0.05, 0.1) is 5.39 Å². The standard InChI is InChI=1S/C23H24N4O3S/c1-14-17(15-8-4-2-5-9-15)18-19(28)24-16(25-20(18)31-14)10-13-27-21(29)23(26-22(27)30)11-6-3-7-12-23/h2,4-5,8-9H,3,6-7,10-13H2,1H3,(H,26,30)(H,24,25,28). The number of aromatic nitrogens is 2. The van der Waals surface area contributed by atoms with Crippen LogP contribution in [0.15, 0.2) is 35.1 Å². The molecule has 1 aromatic carbocycles. The Morgan fingerprint density at radius 2 is 1.84 bits per heavy atom. The molecule has 1 saturated heterocycles. The number of rotatable bonds is 4. The van der Waals surface area contributed by atoms with E-state index in [1.165, 1.54) is 16.2 Å². The molecular formula is C23H24N4O3S. The summed E-state index contributed by atoms with van der Waals surface area (Å²) >= 11 is 1.49. The quantitative estimate of drug-likeness (QED) is 0.609. The maximum absolute atomic E-state index is 13.0. The Kier molecular flexibility index (Phi) is 4.89. The van der Waals surface area contributed by atoms with Gasteiger partial charge < -0.3 is 10.3 Å². The lowest BCUT2D eigenvalue weighted by Gasteiger charge is -2.30. The zero-order valence-electron chi connectivity index (χ0n) is 17.4. The van der Waals surface area contributed by atoms with Gasteiger partial charge in [-0.1, -0.05) is 49.6 Å². The van der Waals surface area contributed by atoms with Crippen LogP contribution in [0, 0.1) is 6.92 Å². The van der Waals surface area contributed by atoms with Gasteiger partial charge in [0.1, 0.15) is 16.2 Å².